The molecule has 0 bridgehead atoms. The molecule has 0 spiro atoms. The van der Waals surface area contributed by atoms with Crippen LogP contribution in [0.15, 0.2) is 72.2 Å². The summed E-state index contributed by atoms with van der Waals surface area (Å²) in [4.78, 5) is 12.3. The smallest absolute Gasteiger partial charge is 0.151 e. The van der Waals surface area contributed by atoms with E-state index >= 15 is 0 Å². The quantitative estimate of drug-likeness (QED) is 0.456. The Hall–Kier alpha value is -2.79. The number of hydrogen-bond acceptors (Lipinski definition) is 5. The number of rotatable bonds is 4. The van der Waals surface area contributed by atoms with E-state index in [0.717, 1.165) is 17.0 Å². The molecule has 0 aliphatic carbocycles. The van der Waals surface area contributed by atoms with Crippen molar-refractivity contribution in [2.45, 2.75) is 0 Å². The van der Waals surface area contributed by atoms with Gasteiger partial charge in [0.15, 0.2) is 5.82 Å². The van der Waals surface area contributed by atoms with Crippen molar-refractivity contribution >= 4 is 23.1 Å². The van der Waals surface area contributed by atoms with E-state index in [1.54, 1.807) is 12.3 Å². The van der Waals surface area contributed by atoms with Crippen molar-refractivity contribution < 1.29 is 0 Å². The summed E-state index contributed by atoms with van der Waals surface area (Å²) in [5.41, 5.74) is 5.33. The number of aromatic nitrogens is 3. The van der Waals surface area contributed by atoms with Gasteiger partial charge in [0.2, 0.25) is 0 Å². The average molecular weight is 310 g/mol. The molecule has 3 aromatic rings. The lowest BCUT2D eigenvalue weighted by atomic mass is 10.1. The van der Waals surface area contributed by atoms with Crippen molar-refractivity contribution in [2.24, 2.45) is 5.10 Å². The number of pyridine rings is 1. The topological polar surface area (TPSA) is 63.1 Å². The molecule has 0 saturated carbocycles. The van der Waals surface area contributed by atoms with Crippen molar-refractivity contribution in [2.75, 3.05) is 5.43 Å². The van der Waals surface area contributed by atoms with Crippen LogP contribution >= 0.6 is 11.6 Å². The van der Waals surface area contributed by atoms with E-state index in [0.29, 0.717) is 11.0 Å². The second kappa shape index (κ2) is 6.78. The first-order valence-electron chi connectivity index (χ1n) is 6.61. The highest BCUT2D eigenvalue weighted by molar-refractivity contribution is 6.29. The van der Waals surface area contributed by atoms with Gasteiger partial charge in [-0.15, -0.1) is 0 Å². The highest BCUT2D eigenvalue weighted by Gasteiger charge is 2.08. The van der Waals surface area contributed by atoms with E-state index in [9.17, 15) is 0 Å². The van der Waals surface area contributed by atoms with Crippen LogP contribution < -0.4 is 5.43 Å². The molecule has 0 fully saturated rings. The Bertz CT molecular complexity index is 733. The Morgan fingerprint density at radius 2 is 1.77 bits per heavy atom. The van der Waals surface area contributed by atoms with Crippen LogP contribution in [0.1, 0.15) is 11.3 Å². The number of hydrazone groups is 1. The summed E-state index contributed by atoms with van der Waals surface area (Å²) in [7, 11) is 0. The lowest BCUT2D eigenvalue weighted by molar-refractivity contribution is 1.13. The molecule has 108 valence electrons. The van der Waals surface area contributed by atoms with E-state index in [1.165, 1.54) is 6.33 Å². The Labute approximate surface area is 132 Å². The molecule has 5 nitrogen and oxygen atoms in total. The minimum atomic E-state index is 0.354. The lowest BCUT2D eigenvalue weighted by Gasteiger charge is -2.07. The zero-order valence-electron chi connectivity index (χ0n) is 11.5. The summed E-state index contributed by atoms with van der Waals surface area (Å²) < 4.78 is 0. The van der Waals surface area contributed by atoms with Gasteiger partial charge in [0.25, 0.3) is 0 Å². The molecule has 0 aliphatic rings. The van der Waals surface area contributed by atoms with Crippen molar-refractivity contribution in [1.82, 2.24) is 15.0 Å². The number of nitrogens with zero attached hydrogens (tertiary/aromatic N) is 4. The van der Waals surface area contributed by atoms with Crippen molar-refractivity contribution in [3.8, 4) is 0 Å². The van der Waals surface area contributed by atoms with E-state index in [4.69, 9.17) is 11.6 Å². The summed E-state index contributed by atoms with van der Waals surface area (Å²) in [6.07, 6.45) is 3.11. The van der Waals surface area contributed by atoms with Gasteiger partial charge in [0.05, 0.1) is 5.69 Å². The maximum absolute atomic E-state index is 5.84. The van der Waals surface area contributed by atoms with Crippen LogP contribution in [0.25, 0.3) is 0 Å². The molecule has 22 heavy (non-hydrogen) atoms. The molecule has 0 saturated heterocycles. The fraction of sp³-hybridized carbons (Fsp3) is 0. The number of benzene rings is 1. The van der Waals surface area contributed by atoms with Gasteiger partial charge >= 0.3 is 0 Å². The lowest BCUT2D eigenvalue weighted by Crippen LogP contribution is -2.08. The molecule has 0 radical (unpaired) electrons. The molecular weight excluding hydrogens is 298 g/mol. The highest BCUT2D eigenvalue weighted by atomic mass is 35.5. The molecule has 6 heteroatoms. The first kappa shape index (κ1) is 14.2. The van der Waals surface area contributed by atoms with E-state index in [2.05, 4.69) is 25.5 Å². The first-order chi connectivity index (χ1) is 10.8. The number of halogens is 1. The minimum absolute atomic E-state index is 0.354. The van der Waals surface area contributed by atoms with Gasteiger partial charge in [0, 0.05) is 17.8 Å². The van der Waals surface area contributed by atoms with E-state index in [-0.39, 0.29) is 0 Å². The van der Waals surface area contributed by atoms with Gasteiger partial charge in [-0.25, -0.2) is 9.97 Å². The Morgan fingerprint density at radius 3 is 2.50 bits per heavy atom. The second-order valence-electron chi connectivity index (χ2n) is 4.38. The molecule has 0 unspecified atom stereocenters. The maximum Gasteiger partial charge on any atom is 0.151 e. The number of hydrogen-bond donors (Lipinski definition) is 1. The van der Waals surface area contributed by atoms with Gasteiger partial charge in [-0.1, -0.05) is 48.0 Å². The monoisotopic (exact) mass is 309 g/mol. The largest absolute Gasteiger partial charge is 0.261 e. The zero-order valence-corrected chi connectivity index (χ0v) is 12.3. The van der Waals surface area contributed by atoms with Gasteiger partial charge in [0.1, 0.15) is 17.2 Å². The number of nitrogens with one attached hydrogen (secondary N) is 1. The first-order valence-corrected chi connectivity index (χ1v) is 6.99. The van der Waals surface area contributed by atoms with Crippen LogP contribution in [-0.4, -0.2) is 20.7 Å². The fourth-order valence-electron chi connectivity index (χ4n) is 1.88. The molecule has 3 rings (SSSR count). The third kappa shape index (κ3) is 3.45. The Kier molecular flexibility index (Phi) is 4.36. The van der Waals surface area contributed by atoms with Gasteiger partial charge < -0.3 is 0 Å². The maximum atomic E-state index is 5.84. The minimum Gasteiger partial charge on any atom is -0.261 e. The van der Waals surface area contributed by atoms with Crippen LogP contribution in [-0.2, 0) is 0 Å². The van der Waals surface area contributed by atoms with E-state index in [1.807, 2.05) is 48.5 Å². The van der Waals surface area contributed by atoms with Crippen molar-refractivity contribution in [1.29, 1.82) is 0 Å². The van der Waals surface area contributed by atoms with Crippen LogP contribution in [0.2, 0.25) is 5.15 Å². The van der Waals surface area contributed by atoms with Crippen molar-refractivity contribution in [3.63, 3.8) is 0 Å². The molecule has 1 aromatic carbocycles. The molecule has 2 heterocycles. The zero-order chi connectivity index (χ0) is 15.2. The summed E-state index contributed by atoms with van der Waals surface area (Å²) in [6, 6.07) is 17.1. The molecular formula is C16H12ClN5. The Balaban J connectivity index is 1.97. The normalized spacial score (nSPS) is 11.2. The molecule has 1 N–H and O–H groups in total. The van der Waals surface area contributed by atoms with Gasteiger partial charge in [-0.3, -0.25) is 10.4 Å². The highest BCUT2D eigenvalue weighted by Crippen LogP contribution is 2.12. The van der Waals surface area contributed by atoms with Crippen LogP contribution in [0.5, 0.6) is 0 Å². The van der Waals surface area contributed by atoms with Crippen molar-refractivity contribution in [3.05, 3.63) is 83.5 Å². The summed E-state index contributed by atoms with van der Waals surface area (Å²) >= 11 is 5.84. The average Bonchev–Trinajstić information content (AvgIpc) is 2.57. The standard InChI is InChI=1S/C16H12ClN5/c17-14-10-15(20-11-19-14)21-22-16(12-6-2-1-3-7-12)13-8-4-5-9-18-13/h1-11H,(H,19,20,21)/b22-16-. The Morgan fingerprint density at radius 1 is 0.955 bits per heavy atom. The molecule has 0 atom stereocenters. The predicted molar refractivity (Wildman–Crippen MR) is 87.0 cm³/mol. The summed E-state index contributed by atoms with van der Waals surface area (Å²) in [6.45, 7) is 0. The van der Waals surface area contributed by atoms with Crippen LogP contribution in [0.3, 0.4) is 0 Å². The third-order valence-electron chi connectivity index (χ3n) is 2.87. The molecule has 0 aliphatic heterocycles. The summed E-state index contributed by atoms with van der Waals surface area (Å²) in [5, 5.41) is 4.78. The SMILES string of the molecule is Clc1cc(N/N=C(/c2ccccc2)c2ccccn2)ncn1. The predicted octanol–water partition coefficient (Wildman–Crippen LogP) is 3.39. The van der Waals surface area contributed by atoms with E-state index < -0.39 is 0 Å². The third-order valence-corrected chi connectivity index (χ3v) is 3.08. The number of anilines is 1. The van der Waals surface area contributed by atoms with Gasteiger partial charge in [-0.05, 0) is 12.1 Å². The molecule has 0 amide bonds. The summed E-state index contributed by atoms with van der Waals surface area (Å²) in [5.74, 6) is 0.518. The second-order valence-corrected chi connectivity index (χ2v) is 4.77. The fourth-order valence-corrected chi connectivity index (χ4v) is 2.02. The van der Waals surface area contributed by atoms with Gasteiger partial charge in [-0.2, -0.15) is 5.10 Å². The van der Waals surface area contributed by atoms with Crippen LogP contribution in [0, 0.1) is 0 Å². The molecule has 2 aromatic heterocycles. The van der Waals surface area contributed by atoms with Crippen LogP contribution in [0.4, 0.5) is 5.82 Å².